The zero-order chi connectivity index (χ0) is 12.4. The number of nitrogen functional groups attached to an aromatic ring is 1. The van der Waals surface area contributed by atoms with Gasteiger partial charge in [0.25, 0.3) is 0 Å². The highest BCUT2D eigenvalue weighted by atomic mass is 35.5. The van der Waals surface area contributed by atoms with Crippen LogP contribution in [0.25, 0.3) is 0 Å². The number of rotatable bonds is 3. The van der Waals surface area contributed by atoms with Crippen LogP contribution in [0.3, 0.4) is 0 Å². The smallest absolute Gasteiger partial charge is 0.180 e. The lowest BCUT2D eigenvalue weighted by molar-refractivity contribution is 0.205. The van der Waals surface area contributed by atoms with Gasteiger partial charge in [0.1, 0.15) is 0 Å². The number of H-pyrrole nitrogens is 1. The summed E-state index contributed by atoms with van der Waals surface area (Å²) < 4.78 is 0. The number of nitrogens with one attached hydrogen (secondary N) is 1. The first-order valence-electron chi connectivity index (χ1n) is 6.22. The zero-order valence-corrected chi connectivity index (χ0v) is 12.2. The Morgan fingerprint density at radius 1 is 1.37 bits per heavy atom. The number of hydrogen-bond acceptors (Lipinski definition) is 5. The fourth-order valence-corrected chi connectivity index (χ4v) is 3.23. The van der Waals surface area contributed by atoms with Crippen LogP contribution in [-0.4, -0.2) is 32.9 Å². The maximum absolute atomic E-state index is 5.65. The average molecular weight is 300 g/mol. The molecular formula is C12H18ClN5S. The Hall–Kier alpha value is -1.11. The number of imidazole rings is 1. The summed E-state index contributed by atoms with van der Waals surface area (Å²) in [5.74, 6) is 0.635. The van der Waals surface area contributed by atoms with Gasteiger partial charge in [0.05, 0.1) is 6.33 Å². The van der Waals surface area contributed by atoms with Crippen LogP contribution < -0.4 is 5.73 Å². The minimum Gasteiger partial charge on any atom is -0.375 e. The molecule has 1 fully saturated rings. The molecule has 0 unspecified atom stereocenters. The molecule has 1 aliphatic heterocycles. The van der Waals surface area contributed by atoms with Gasteiger partial charge >= 0.3 is 0 Å². The lowest BCUT2D eigenvalue weighted by atomic mass is 9.94. The topological polar surface area (TPSA) is 70.8 Å². The Morgan fingerprint density at radius 2 is 2.16 bits per heavy atom. The van der Waals surface area contributed by atoms with E-state index < -0.39 is 0 Å². The van der Waals surface area contributed by atoms with Crippen molar-refractivity contribution in [2.75, 3.05) is 18.8 Å². The molecule has 0 atom stereocenters. The van der Waals surface area contributed by atoms with E-state index in [0.29, 0.717) is 11.0 Å². The van der Waals surface area contributed by atoms with Crippen LogP contribution in [0, 0.1) is 0 Å². The molecule has 0 bridgehead atoms. The standard InChI is InChI=1S/C12H17N5S.ClH/c13-12-15-5-10(18-12)7-17-3-1-9(2-4-17)11-6-14-8-16-11;/h5-6,8-9H,1-4,7H2,(H2,13,15)(H,14,16);1H. The average Bonchev–Trinajstić information content (AvgIpc) is 3.02. The van der Waals surface area contributed by atoms with Gasteiger partial charge in [0, 0.05) is 35.4 Å². The summed E-state index contributed by atoms with van der Waals surface area (Å²) in [5, 5.41) is 0.664. The van der Waals surface area contributed by atoms with Crippen molar-refractivity contribution >= 4 is 28.9 Å². The molecule has 104 valence electrons. The first-order chi connectivity index (χ1) is 8.81. The number of nitrogens with two attached hydrogens (primary N) is 1. The summed E-state index contributed by atoms with van der Waals surface area (Å²) in [7, 11) is 0. The Bertz CT molecular complexity index is 490. The van der Waals surface area contributed by atoms with Crippen LogP contribution in [0.4, 0.5) is 5.13 Å². The molecule has 0 radical (unpaired) electrons. The Morgan fingerprint density at radius 3 is 2.74 bits per heavy atom. The lowest BCUT2D eigenvalue weighted by Gasteiger charge is -2.30. The van der Waals surface area contributed by atoms with Crippen LogP contribution in [0.5, 0.6) is 0 Å². The highest BCUT2D eigenvalue weighted by molar-refractivity contribution is 7.15. The van der Waals surface area contributed by atoms with Gasteiger partial charge in [-0.25, -0.2) is 9.97 Å². The number of nitrogens with zero attached hydrogens (tertiary/aromatic N) is 3. The predicted molar refractivity (Wildman–Crippen MR) is 79.6 cm³/mol. The van der Waals surface area contributed by atoms with E-state index in [4.69, 9.17) is 5.73 Å². The third-order valence-corrected chi connectivity index (χ3v) is 4.31. The van der Waals surface area contributed by atoms with E-state index in [9.17, 15) is 0 Å². The van der Waals surface area contributed by atoms with E-state index >= 15 is 0 Å². The second-order valence-corrected chi connectivity index (χ2v) is 5.87. The van der Waals surface area contributed by atoms with E-state index in [1.165, 1.54) is 23.4 Å². The van der Waals surface area contributed by atoms with Crippen molar-refractivity contribution < 1.29 is 0 Å². The van der Waals surface area contributed by atoms with Crippen LogP contribution in [0.2, 0.25) is 0 Å². The highest BCUT2D eigenvalue weighted by Gasteiger charge is 2.21. The third kappa shape index (κ3) is 3.46. The summed E-state index contributed by atoms with van der Waals surface area (Å²) in [6, 6.07) is 0. The number of thiazole rings is 1. The Kier molecular flexibility index (Phi) is 4.79. The Balaban J connectivity index is 0.00000133. The van der Waals surface area contributed by atoms with Crippen molar-refractivity contribution in [2.45, 2.75) is 25.3 Å². The number of halogens is 1. The summed E-state index contributed by atoms with van der Waals surface area (Å²) in [5.41, 5.74) is 6.92. The molecule has 3 heterocycles. The lowest BCUT2D eigenvalue weighted by Crippen LogP contribution is -2.32. The molecular weight excluding hydrogens is 282 g/mol. The highest BCUT2D eigenvalue weighted by Crippen LogP contribution is 2.27. The largest absolute Gasteiger partial charge is 0.375 e. The predicted octanol–water partition coefficient (Wildman–Crippen LogP) is 2.25. The van der Waals surface area contributed by atoms with Gasteiger partial charge in [-0.2, -0.15) is 0 Å². The van der Waals surface area contributed by atoms with E-state index in [2.05, 4.69) is 19.9 Å². The summed E-state index contributed by atoms with van der Waals surface area (Å²) in [6.07, 6.45) is 7.99. The molecule has 2 aromatic heterocycles. The molecule has 3 rings (SSSR count). The molecule has 19 heavy (non-hydrogen) atoms. The van der Waals surface area contributed by atoms with Crippen molar-refractivity contribution in [3.63, 3.8) is 0 Å². The molecule has 7 heteroatoms. The zero-order valence-electron chi connectivity index (χ0n) is 10.6. The van der Waals surface area contributed by atoms with Crippen LogP contribution in [0.1, 0.15) is 29.3 Å². The van der Waals surface area contributed by atoms with Crippen molar-refractivity contribution in [3.05, 3.63) is 29.3 Å². The monoisotopic (exact) mass is 299 g/mol. The van der Waals surface area contributed by atoms with Crippen molar-refractivity contribution in [1.29, 1.82) is 0 Å². The van der Waals surface area contributed by atoms with E-state index in [1.807, 2.05) is 12.4 Å². The number of anilines is 1. The van der Waals surface area contributed by atoms with Crippen LogP contribution >= 0.6 is 23.7 Å². The van der Waals surface area contributed by atoms with Crippen molar-refractivity contribution in [3.8, 4) is 0 Å². The number of aromatic amines is 1. The molecule has 0 aliphatic carbocycles. The van der Waals surface area contributed by atoms with Gasteiger partial charge < -0.3 is 10.7 Å². The van der Waals surface area contributed by atoms with Crippen LogP contribution in [0.15, 0.2) is 18.7 Å². The van der Waals surface area contributed by atoms with E-state index in [1.54, 1.807) is 17.7 Å². The second kappa shape index (κ2) is 6.36. The maximum atomic E-state index is 5.65. The first-order valence-corrected chi connectivity index (χ1v) is 7.04. The molecule has 3 N–H and O–H groups in total. The summed E-state index contributed by atoms with van der Waals surface area (Å²) in [4.78, 5) is 15.1. The quantitative estimate of drug-likeness (QED) is 0.912. The van der Waals surface area contributed by atoms with Gasteiger partial charge in [-0.15, -0.1) is 23.7 Å². The van der Waals surface area contributed by atoms with Gasteiger partial charge in [0.2, 0.25) is 0 Å². The molecule has 0 aromatic carbocycles. The van der Waals surface area contributed by atoms with Crippen molar-refractivity contribution in [1.82, 2.24) is 19.9 Å². The maximum Gasteiger partial charge on any atom is 0.180 e. The summed E-state index contributed by atoms with van der Waals surface area (Å²) >= 11 is 1.59. The molecule has 1 aliphatic rings. The van der Waals surface area contributed by atoms with E-state index in [-0.39, 0.29) is 12.4 Å². The number of piperidine rings is 1. The number of likely N-dealkylation sites (tertiary alicyclic amines) is 1. The Labute approximate surface area is 122 Å². The second-order valence-electron chi connectivity index (χ2n) is 4.72. The molecule has 0 amide bonds. The number of aromatic nitrogens is 3. The van der Waals surface area contributed by atoms with Gasteiger partial charge in [-0.05, 0) is 25.9 Å². The molecule has 0 saturated carbocycles. The minimum absolute atomic E-state index is 0. The fourth-order valence-electron chi connectivity index (χ4n) is 2.51. The van der Waals surface area contributed by atoms with Crippen LogP contribution in [-0.2, 0) is 6.54 Å². The first kappa shape index (κ1) is 14.3. The minimum atomic E-state index is 0. The van der Waals surface area contributed by atoms with Gasteiger partial charge in [-0.1, -0.05) is 0 Å². The fraction of sp³-hybridized carbons (Fsp3) is 0.500. The molecule has 1 saturated heterocycles. The van der Waals surface area contributed by atoms with E-state index in [0.717, 1.165) is 19.6 Å². The normalized spacial score (nSPS) is 17.3. The molecule has 2 aromatic rings. The number of hydrogen-bond donors (Lipinski definition) is 2. The van der Waals surface area contributed by atoms with Gasteiger partial charge in [-0.3, -0.25) is 4.90 Å². The third-order valence-electron chi connectivity index (χ3n) is 3.50. The molecule has 0 spiro atoms. The van der Waals surface area contributed by atoms with Crippen molar-refractivity contribution in [2.24, 2.45) is 0 Å². The summed E-state index contributed by atoms with van der Waals surface area (Å²) in [6.45, 7) is 3.23. The molecule has 5 nitrogen and oxygen atoms in total. The SMILES string of the molecule is Cl.Nc1ncc(CN2CCC(c3cnc[nH]3)CC2)s1. The van der Waals surface area contributed by atoms with Gasteiger partial charge in [0.15, 0.2) is 5.13 Å².